The molecule has 0 bridgehead atoms. The summed E-state index contributed by atoms with van der Waals surface area (Å²) in [5, 5.41) is 3.13. The fraction of sp³-hybridized carbons (Fsp3) is 0.214. The van der Waals surface area contributed by atoms with Crippen LogP contribution in [0.4, 0.5) is 10.1 Å². The van der Waals surface area contributed by atoms with Crippen molar-refractivity contribution in [3.05, 3.63) is 64.3 Å². The number of nitrogens with zero attached hydrogens (tertiary/aromatic N) is 1. The fourth-order valence-electron chi connectivity index (χ4n) is 1.74. The average molecular weight is 246 g/mol. The molecule has 18 heavy (non-hydrogen) atoms. The molecule has 1 heterocycles. The number of aryl methyl sites for hydroxylation is 1. The third kappa shape index (κ3) is 2.97. The van der Waals surface area contributed by atoms with Crippen LogP contribution in [0.1, 0.15) is 5.56 Å². The van der Waals surface area contributed by atoms with Crippen LogP contribution in [0.15, 0.2) is 47.4 Å². The summed E-state index contributed by atoms with van der Waals surface area (Å²) in [6.07, 6.45) is 1.74. The van der Waals surface area contributed by atoms with Crippen molar-refractivity contribution in [1.29, 1.82) is 0 Å². The largest absolute Gasteiger partial charge is 0.383 e. The van der Waals surface area contributed by atoms with Gasteiger partial charge in [-0.3, -0.25) is 4.79 Å². The number of hydrogen-bond acceptors (Lipinski definition) is 2. The maximum absolute atomic E-state index is 13.1. The Morgan fingerprint density at radius 2 is 2.11 bits per heavy atom. The highest BCUT2D eigenvalue weighted by Gasteiger charge is 2.00. The first kappa shape index (κ1) is 12.4. The molecule has 0 fully saturated rings. The monoisotopic (exact) mass is 246 g/mol. The molecule has 4 heteroatoms. The van der Waals surface area contributed by atoms with Crippen LogP contribution in [0, 0.1) is 12.7 Å². The molecule has 0 amide bonds. The number of aromatic nitrogens is 1. The molecule has 2 aromatic rings. The van der Waals surface area contributed by atoms with Gasteiger partial charge in [0.25, 0.3) is 5.56 Å². The van der Waals surface area contributed by atoms with E-state index in [1.165, 1.54) is 18.2 Å². The average Bonchev–Trinajstić information content (AvgIpc) is 2.36. The Morgan fingerprint density at radius 3 is 2.89 bits per heavy atom. The predicted octanol–water partition coefficient (Wildman–Crippen LogP) is 2.41. The predicted molar refractivity (Wildman–Crippen MR) is 70.3 cm³/mol. The van der Waals surface area contributed by atoms with Crippen molar-refractivity contribution in [2.45, 2.75) is 13.5 Å². The maximum atomic E-state index is 13.1. The fourth-order valence-corrected chi connectivity index (χ4v) is 1.74. The van der Waals surface area contributed by atoms with E-state index in [4.69, 9.17) is 0 Å². The number of rotatable bonds is 4. The first-order chi connectivity index (χ1) is 8.66. The van der Waals surface area contributed by atoms with Gasteiger partial charge in [0.15, 0.2) is 0 Å². The minimum absolute atomic E-state index is 0.0322. The summed E-state index contributed by atoms with van der Waals surface area (Å²) in [6, 6.07) is 9.67. The third-order valence-electron chi connectivity index (χ3n) is 2.77. The van der Waals surface area contributed by atoms with E-state index in [1.54, 1.807) is 22.9 Å². The Kier molecular flexibility index (Phi) is 3.77. The molecule has 0 aliphatic rings. The van der Waals surface area contributed by atoms with E-state index in [0.29, 0.717) is 13.1 Å². The van der Waals surface area contributed by atoms with Crippen molar-refractivity contribution in [2.24, 2.45) is 0 Å². The van der Waals surface area contributed by atoms with E-state index < -0.39 is 0 Å². The maximum Gasteiger partial charge on any atom is 0.250 e. The van der Waals surface area contributed by atoms with Crippen molar-refractivity contribution >= 4 is 5.69 Å². The number of pyridine rings is 1. The van der Waals surface area contributed by atoms with Crippen LogP contribution in [-0.2, 0) is 6.54 Å². The Labute approximate surface area is 105 Å². The minimum atomic E-state index is -0.264. The highest BCUT2D eigenvalue weighted by Crippen LogP contribution is 2.15. The lowest BCUT2D eigenvalue weighted by Crippen LogP contribution is -2.22. The van der Waals surface area contributed by atoms with Crippen LogP contribution in [0.3, 0.4) is 0 Å². The normalized spacial score (nSPS) is 10.3. The molecule has 2 rings (SSSR count). The highest BCUT2D eigenvalue weighted by molar-refractivity contribution is 5.50. The Balaban J connectivity index is 1.99. The molecule has 1 aromatic carbocycles. The van der Waals surface area contributed by atoms with Gasteiger partial charge in [-0.1, -0.05) is 12.1 Å². The summed E-state index contributed by atoms with van der Waals surface area (Å²) < 4.78 is 14.7. The van der Waals surface area contributed by atoms with Gasteiger partial charge >= 0.3 is 0 Å². The highest BCUT2D eigenvalue weighted by atomic mass is 19.1. The molecule has 0 atom stereocenters. The number of benzene rings is 1. The van der Waals surface area contributed by atoms with Crippen LogP contribution in [0.5, 0.6) is 0 Å². The molecule has 0 unspecified atom stereocenters. The molecule has 1 aromatic heterocycles. The zero-order valence-electron chi connectivity index (χ0n) is 10.2. The van der Waals surface area contributed by atoms with E-state index in [0.717, 1.165) is 11.3 Å². The van der Waals surface area contributed by atoms with Crippen LogP contribution >= 0.6 is 0 Å². The molecular formula is C14H15FN2O. The second-order valence-corrected chi connectivity index (χ2v) is 4.12. The minimum Gasteiger partial charge on any atom is -0.383 e. The topological polar surface area (TPSA) is 34.0 Å². The smallest absolute Gasteiger partial charge is 0.250 e. The lowest BCUT2D eigenvalue weighted by atomic mass is 10.2. The Bertz CT molecular complexity index is 592. The van der Waals surface area contributed by atoms with Gasteiger partial charge in [-0.2, -0.15) is 0 Å². The van der Waals surface area contributed by atoms with Gasteiger partial charge in [-0.25, -0.2) is 4.39 Å². The zero-order valence-corrected chi connectivity index (χ0v) is 10.2. The van der Waals surface area contributed by atoms with Crippen LogP contribution in [-0.4, -0.2) is 11.1 Å². The standard InChI is InChI=1S/C14H15FN2O/c1-11-5-6-12(15)10-13(11)16-7-9-17-8-3-2-4-14(17)18/h2-6,8,10,16H,7,9H2,1H3. The lowest BCUT2D eigenvalue weighted by Gasteiger charge is -2.10. The van der Waals surface area contributed by atoms with Crippen molar-refractivity contribution in [3.8, 4) is 0 Å². The summed E-state index contributed by atoms with van der Waals surface area (Å²) in [5.41, 5.74) is 1.71. The first-order valence-corrected chi connectivity index (χ1v) is 5.82. The van der Waals surface area contributed by atoms with Crippen molar-refractivity contribution in [1.82, 2.24) is 4.57 Å². The summed E-state index contributed by atoms with van der Waals surface area (Å²) in [6.45, 7) is 3.04. The van der Waals surface area contributed by atoms with Gasteiger partial charge in [-0.05, 0) is 30.7 Å². The van der Waals surface area contributed by atoms with Gasteiger partial charge in [0.2, 0.25) is 0 Å². The number of halogens is 1. The van der Waals surface area contributed by atoms with Gasteiger partial charge in [0.05, 0.1) is 0 Å². The van der Waals surface area contributed by atoms with E-state index in [1.807, 2.05) is 13.0 Å². The van der Waals surface area contributed by atoms with E-state index in [9.17, 15) is 9.18 Å². The van der Waals surface area contributed by atoms with Crippen LogP contribution in [0.25, 0.3) is 0 Å². The molecule has 0 spiro atoms. The van der Waals surface area contributed by atoms with Gasteiger partial charge in [-0.15, -0.1) is 0 Å². The first-order valence-electron chi connectivity index (χ1n) is 5.82. The van der Waals surface area contributed by atoms with Crippen molar-refractivity contribution in [2.75, 3.05) is 11.9 Å². The molecule has 0 saturated carbocycles. The number of anilines is 1. The Hall–Kier alpha value is -2.10. The SMILES string of the molecule is Cc1ccc(F)cc1NCCn1ccccc1=O. The van der Waals surface area contributed by atoms with E-state index in [-0.39, 0.29) is 11.4 Å². The Morgan fingerprint density at radius 1 is 1.28 bits per heavy atom. The molecule has 0 aliphatic carbocycles. The summed E-state index contributed by atoms with van der Waals surface area (Å²) in [4.78, 5) is 11.5. The lowest BCUT2D eigenvalue weighted by molar-refractivity contribution is 0.627. The van der Waals surface area contributed by atoms with Crippen molar-refractivity contribution in [3.63, 3.8) is 0 Å². The summed E-state index contributed by atoms with van der Waals surface area (Å²) >= 11 is 0. The molecular weight excluding hydrogens is 231 g/mol. The zero-order chi connectivity index (χ0) is 13.0. The second kappa shape index (κ2) is 5.49. The molecule has 94 valence electrons. The van der Waals surface area contributed by atoms with Crippen molar-refractivity contribution < 1.29 is 4.39 Å². The number of nitrogens with one attached hydrogen (secondary N) is 1. The van der Waals surface area contributed by atoms with E-state index >= 15 is 0 Å². The second-order valence-electron chi connectivity index (χ2n) is 4.12. The summed E-state index contributed by atoms with van der Waals surface area (Å²) in [5.74, 6) is -0.264. The molecule has 0 saturated heterocycles. The quantitative estimate of drug-likeness (QED) is 0.898. The molecule has 0 radical (unpaired) electrons. The van der Waals surface area contributed by atoms with Gasteiger partial charge in [0, 0.05) is 31.0 Å². The number of hydrogen-bond donors (Lipinski definition) is 1. The van der Waals surface area contributed by atoms with Gasteiger partial charge < -0.3 is 9.88 Å². The van der Waals surface area contributed by atoms with Crippen LogP contribution in [0.2, 0.25) is 0 Å². The van der Waals surface area contributed by atoms with Gasteiger partial charge in [0.1, 0.15) is 5.82 Å². The van der Waals surface area contributed by atoms with E-state index in [2.05, 4.69) is 5.32 Å². The molecule has 1 N–H and O–H groups in total. The molecule has 3 nitrogen and oxygen atoms in total. The van der Waals surface area contributed by atoms with Crippen LogP contribution < -0.4 is 10.9 Å². The summed E-state index contributed by atoms with van der Waals surface area (Å²) in [7, 11) is 0. The third-order valence-corrected chi connectivity index (χ3v) is 2.77. The molecule has 0 aliphatic heterocycles.